The average Bonchev–Trinajstić information content (AvgIpc) is 2.26. The highest BCUT2D eigenvalue weighted by molar-refractivity contribution is 5.92. The van der Waals surface area contributed by atoms with E-state index in [1.807, 2.05) is 5.92 Å². The van der Waals surface area contributed by atoms with Crippen LogP contribution in [0.3, 0.4) is 0 Å². The molecule has 1 fully saturated rings. The number of carbonyl (C=O) groups excluding carboxylic acids is 1. The first-order valence-corrected chi connectivity index (χ1v) is 5.12. The Hall–Kier alpha value is -1.50. The number of aliphatic carboxylic acids is 1. The molecular weight excluding hydrogens is 194 g/mol. The molecule has 0 saturated heterocycles. The van der Waals surface area contributed by atoms with Crippen molar-refractivity contribution < 1.29 is 14.7 Å². The van der Waals surface area contributed by atoms with Gasteiger partial charge in [0, 0.05) is 6.54 Å². The van der Waals surface area contributed by atoms with Gasteiger partial charge in [-0.05, 0) is 24.7 Å². The second-order valence-corrected chi connectivity index (χ2v) is 3.84. The Balaban J connectivity index is 2.47. The molecule has 1 aliphatic rings. The molecule has 15 heavy (non-hydrogen) atoms. The van der Waals surface area contributed by atoms with E-state index in [9.17, 15) is 9.59 Å². The molecule has 4 heteroatoms. The Kier molecular flexibility index (Phi) is 4.17. The summed E-state index contributed by atoms with van der Waals surface area (Å²) < 4.78 is 0. The molecule has 1 amide bonds. The summed E-state index contributed by atoms with van der Waals surface area (Å²) in [5.74, 6) is 0.400. The summed E-state index contributed by atoms with van der Waals surface area (Å²) in [7, 11) is 0. The van der Waals surface area contributed by atoms with Crippen molar-refractivity contribution in [2.24, 2.45) is 11.8 Å². The maximum absolute atomic E-state index is 10.9. The van der Waals surface area contributed by atoms with Crippen molar-refractivity contribution in [1.82, 2.24) is 5.32 Å². The molecule has 0 heterocycles. The summed E-state index contributed by atoms with van der Waals surface area (Å²) in [6, 6.07) is 0. The summed E-state index contributed by atoms with van der Waals surface area (Å²) in [6.07, 6.45) is 8.44. The lowest BCUT2D eigenvalue weighted by molar-refractivity contribution is -0.145. The van der Waals surface area contributed by atoms with Crippen molar-refractivity contribution >= 4 is 11.9 Å². The molecule has 1 rings (SSSR count). The van der Waals surface area contributed by atoms with Crippen molar-refractivity contribution in [1.29, 1.82) is 0 Å². The third-order valence-corrected chi connectivity index (χ3v) is 2.88. The number of amides is 1. The molecule has 0 bridgehead atoms. The third kappa shape index (κ3) is 3.28. The van der Waals surface area contributed by atoms with Gasteiger partial charge in [0.05, 0.1) is 5.92 Å². The first kappa shape index (κ1) is 11.6. The molecule has 1 saturated carbocycles. The van der Waals surface area contributed by atoms with E-state index in [1.54, 1.807) is 0 Å². The fourth-order valence-corrected chi connectivity index (χ4v) is 2.05. The summed E-state index contributed by atoms with van der Waals surface area (Å²) in [5, 5.41) is 11.5. The van der Waals surface area contributed by atoms with Crippen molar-refractivity contribution in [3.63, 3.8) is 0 Å². The van der Waals surface area contributed by atoms with Crippen LogP contribution in [0, 0.1) is 24.2 Å². The molecule has 2 atom stereocenters. The zero-order valence-corrected chi connectivity index (χ0v) is 8.53. The van der Waals surface area contributed by atoms with Crippen molar-refractivity contribution in [2.75, 3.05) is 6.54 Å². The topological polar surface area (TPSA) is 66.4 Å². The number of terminal acetylenes is 1. The van der Waals surface area contributed by atoms with E-state index >= 15 is 0 Å². The van der Waals surface area contributed by atoms with Crippen molar-refractivity contribution in [3.05, 3.63) is 0 Å². The molecule has 2 unspecified atom stereocenters. The number of hydrogen-bond acceptors (Lipinski definition) is 2. The predicted molar refractivity (Wildman–Crippen MR) is 54.9 cm³/mol. The number of hydrogen-bond donors (Lipinski definition) is 2. The van der Waals surface area contributed by atoms with Crippen LogP contribution in [-0.2, 0) is 9.59 Å². The van der Waals surface area contributed by atoms with Gasteiger partial charge in [-0.25, -0.2) is 0 Å². The minimum Gasteiger partial charge on any atom is -0.481 e. The lowest BCUT2D eigenvalue weighted by atomic mass is 9.79. The van der Waals surface area contributed by atoms with E-state index < -0.39 is 11.9 Å². The molecule has 1 aliphatic carbocycles. The molecule has 0 aromatic heterocycles. The molecule has 0 aliphatic heterocycles. The minimum absolute atomic E-state index is 0.0218. The lowest BCUT2D eigenvalue weighted by Crippen LogP contribution is -2.36. The van der Waals surface area contributed by atoms with Gasteiger partial charge in [0.2, 0.25) is 0 Å². The quantitative estimate of drug-likeness (QED) is 0.670. The van der Waals surface area contributed by atoms with E-state index in [2.05, 4.69) is 5.32 Å². The SMILES string of the molecule is C#CC(=O)NCC1CCCCC1C(=O)O. The summed E-state index contributed by atoms with van der Waals surface area (Å²) in [4.78, 5) is 21.8. The van der Waals surface area contributed by atoms with Gasteiger partial charge in [0.1, 0.15) is 0 Å². The fraction of sp³-hybridized carbons (Fsp3) is 0.636. The second kappa shape index (κ2) is 5.40. The minimum atomic E-state index is -0.769. The van der Waals surface area contributed by atoms with Gasteiger partial charge in [-0.15, -0.1) is 6.42 Å². The molecule has 0 aromatic carbocycles. The zero-order chi connectivity index (χ0) is 11.3. The largest absolute Gasteiger partial charge is 0.481 e. The zero-order valence-electron chi connectivity index (χ0n) is 8.53. The summed E-state index contributed by atoms with van der Waals surface area (Å²) in [5.41, 5.74) is 0. The van der Waals surface area contributed by atoms with Gasteiger partial charge in [-0.3, -0.25) is 9.59 Å². The van der Waals surface area contributed by atoms with Crippen LogP contribution >= 0.6 is 0 Å². The van der Waals surface area contributed by atoms with Gasteiger partial charge >= 0.3 is 5.97 Å². The first-order valence-electron chi connectivity index (χ1n) is 5.12. The van der Waals surface area contributed by atoms with E-state index in [4.69, 9.17) is 11.5 Å². The van der Waals surface area contributed by atoms with E-state index in [-0.39, 0.29) is 11.8 Å². The van der Waals surface area contributed by atoms with Crippen LogP contribution in [0.4, 0.5) is 0 Å². The monoisotopic (exact) mass is 209 g/mol. The van der Waals surface area contributed by atoms with Crippen LogP contribution in [0.25, 0.3) is 0 Å². The highest BCUT2D eigenvalue weighted by Crippen LogP contribution is 2.29. The maximum Gasteiger partial charge on any atom is 0.306 e. The normalized spacial score (nSPS) is 25.3. The Labute approximate surface area is 89.0 Å². The Morgan fingerprint density at radius 3 is 2.67 bits per heavy atom. The van der Waals surface area contributed by atoms with Gasteiger partial charge in [-0.2, -0.15) is 0 Å². The van der Waals surface area contributed by atoms with Crippen molar-refractivity contribution in [3.8, 4) is 12.3 Å². The summed E-state index contributed by atoms with van der Waals surface area (Å²) >= 11 is 0. The van der Waals surface area contributed by atoms with Crippen LogP contribution in [0.5, 0.6) is 0 Å². The van der Waals surface area contributed by atoms with Gasteiger partial charge in [-0.1, -0.05) is 12.8 Å². The molecule has 0 radical (unpaired) electrons. The first-order chi connectivity index (χ1) is 7.15. The van der Waals surface area contributed by atoms with Crippen molar-refractivity contribution in [2.45, 2.75) is 25.7 Å². The van der Waals surface area contributed by atoms with Crippen LogP contribution < -0.4 is 5.32 Å². The second-order valence-electron chi connectivity index (χ2n) is 3.84. The van der Waals surface area contributed by atoms with E-state index in [0.29, 0.717) is 13.0 Å². The maximum atomic E-state index is 10.9. The number of nitrogens with one attached hydrogen (secondary N) is 1. The molecule has 2 N–H and O–H groups in total. The molecule has 0 aromatic rings. The van der Waals surface area contributed by atoms with Gasteiger partial charge in [0.15, 0.2) is 0 Å². The predicted octanol–water partition coefficient (Wildman–Crippen LogP) is 0.627. The number of rotatable bonds is 3. The number of carbonyl (C=O) groups is 2. The smallest absolute Gasteiger partial charge is 0.306 e. The number of carboxylic acid groups (broad SMARTS) is 1. The van der Waals surface area contributed by atoms with E-state index in [1.165, 1.54) is 0 Å². The Morgan fingerprint density at radius 1 is 1.40 bits per heavy atom. The molecule has 4 nitrogen and oxygen atoms in total. The van der Waals surface area contributed by atoms with Crippen LogP contribution in [0.1, 0.15) is 25.7 Å². The van der Waals surface area contributed by atoms with Crippen LogP contribution in [0.15, 0.2) is 0 Å². The summed E-state index contributed by atoms with van der Waals surface area (Å²) in [6.45, 7) is 0.375. The standard InChI is InChI=1S/C11H15NO3/c1-2-10(13)12-7-8-5-3-4-6-9(8)11(14)15/h1,8-9H,3-7H2,(H,12,13)(H,14,15). The lowest BCUT2D eigenvalue weighted by Gasteiger charge is -2.28. The number of carboxylic acids is 1. The fourth-order valence-electron chi connectivity index (χ4n) is 2.05. The highest BCUT2D eigenvalue weighted by Gasteiger charge is 2.30. The Morgan fingerprint density at radius 2 is 2.07 bits per heavy atom. The Bertz CT molecular complexity index is 293. The highest BCUT2D eigenvalue weighted by atomic mass is 16.4. The molecular formula is C11H15NO3. The average molecular weight is 209 g/mol. The third-order valence-electron chi connectivity index (χ3n) is 2.88. The van der Waals surface area contributed by atoms with Gasteiger partial charge < -0.3 is 10.4 Å². The van der Waals surface area contributed by atoms with Gasteiger partial charge in [0.25, 0.3) is 5.91 Å². The van der Waals surface area contributed by atoms with Crippen LogP contribution in [0.2, 0.25) is 0 Å². The molecule has 0 spiro atoms. The van der Waals surface area contributed by atoms with Crippen LogP contribution in [-0.4, -0.2) is 23.5 Å². The molecule has 82 valence electrons. The van der Waals surface area contributed by atoms with E-state index in [0.717, 1.165) is 19.3 Å².